The molecule has 2 aromatic rings. The number of nitrogens with zero attached hydrogens (tertiary/aromatic N) is 2. The number of hydrogen-bond donors (Lipinski definition) is 0. The maximum Gasteiger partial charge on any atom is 0.227 e. The number of aromatic nitrogens is 1. The zero-order chi connectivity index (χ0) is 14.7. The Labute approximate surface area is 124 Å². The van der Waals surface area contributed by atoms with Crippen molar-refractivity contribution in [2.75, 3.05) is 13.7 Å². The number of methoxy groups -OCH3 is 1. The first-order chi connectivity index (χ1) is 10.3. The van der Waals surface area contributed by atoms with E-state index >= 15 is 0 Å². The van der Waals surface area contributed by atoms with Crippen LogP contribution in [-0.2, 0) is 24.2 Å². The highest BCUT2D eigenvalue weighted by Crippen LogP contribution is 2.19. The number of fused-ring (bicyclic) bond motifs is 1. The van der Waals surface area contributed by atoms with Gasteiger partial charge in [-0.2, -0.15) is 0 Å². The number of benzene rings is 1. The predicted molar refractivity (Wildman–Crippen MR) is 80.1 cm³/mol. The minimum Gasteiger partial charge on any atom is -0.481 e. The van der Waals surface area contributed by atoms with Crippen LogP contribution in [0.15, 0.2) is 42.6 Å². The summed E-state index contributed by atoms with van der Waals surface area (Å²) in [7, 11) is 1.58. The summed E-state index contributed by atoms with van der Waals surface area (Å²) in [5.41, 5.74) is 3.53. The third-order valence-corrected chi connectivity index (χ3v) is 3.85. The van der Waals surface area contributed by atoms with Gasteiger partial charge in [-0.3, -0.25) is 4.79 Å². The van der Waals surface area contributed by atoms with Crippen molar-refractivity contribution < 1.29 is 9.53 Å². The monoisotopic (exact) mass is 282 g/mol. The molecule has 3 rings (SSSR count). The molecule has 0 aliphatic carbocycles. The van der Waals surface area contributed by atoms with Gasteiger partial charge in [-0.05, 0) is 23.1 Å². The number of pyridine rings is 1. The van der Waals surface area contributed by atoms with E-state index in [4.69, 9.17) is 4.74 Å². The topological polar surface area (TPSA) is 42.4 Å². The van der Waals surface area contributed by atoms with Crippen molar-refractivity contribution in [3.8, 4) is 5.88 Å². The van der Waals surface area contributed by atoms with Gasteiger partial charge in [-0.15, -0.1) is 0 Å². The third-order valence-electron chi connectivity index (χ3n) is 3.85. The van der Waals surface area contributed by atoms with E-state index in [-0.39, 0.29) is 5.91 Å². The van der Waals surface area contributed by atoms with Gasteiger partial charge < -0.3 is 9.64 Å². The lowest BCUT2D eigenvalue weighted by molar-refractivity contribution is -0.131. The second-order valence-electron chi connectivity index (χ2n) is 5.22. The fourth-order valence-electron chi connectivity index (χ4n) is 2.63. The molecule has 0 radical (unpaired) electrons. The average molecular weight is 282 g/mol. The smallest absolute Gasteiger partial charge is 0.227 e. The molecule has 0 N–H and O–H groups in total. The Balaban J connectivity index is 1.66. The average Bonchev–Trinajstić information content (AvgIpc) is 2.55. The first-order valence-corrected chi connectivity index (χ1v) is 7.10. The van der Waals surface area contributed by atoms with Crippen LogP contribution in [0, 0.1) is 0 Å². The van der Waals surface area contributed by atoms with Gasteiger partial charge >= 0.3 is 0 Å². The summed E-state index contributed by atoms with van der Waals surface area (Å²) in [6.45, 7) is 1.50. The van der Waals surface area contributed by atoms with Crippen LogP contribution in [0.2, 0.25) is 0 Å². The second-order valence-corrected chi connectivity index (χ2v) is 5.22. The van der Waals surface area contributed by atoms with E-state index in [0.29, 0.717) is 18.8 Å². The second kappa shape index (κ2) is 5.95. The molecule has 0 bridgehead atoms. The largest absolute Gasteiger partial charge is 0.481 e. The molecule has 1 aromatic heterocycles. The Kier molecular flexibility index (Phi) is 3.86. The van der Waals surface area contributed by atoms with Crippen LogP contribution in [0.4, 0.5) is 0 Å². The first-order valence-electron chi connectivity index (χ1n) is 7.10. The number of ether oxygens (including phenoxy) is 1. The lowest BCUT2D eigenvalue weighted by Gasteiger charge is -2.29. The molecule has 2 heterocycles. The predicted octanol–water partition coefficient (Wildman–Crippen LogP) is 2.22. The number of rotatable bonds is 3. The zero-order valence-electron chi connectivity index (χ0n) is 12.1. The van der Waals surface area contributed by atoms with E-state index in [0.717, 1.165) is 18.5 Å². The molecular weight excluding hydrogens is 264 g/mol. The molecule has 0 spiro atoms. The van der Waals surface area contributed by atoms with E-state index in [1.165, 1.54) is 11.1 Å². The molecule has 1 amide bonds. The minimum atomic E-state index is 0.150. The molecular formula is C17H18N2O2. The standard InChI is InChI=1S/C17H18N2O2/c1-21-16-7-6-13(11-18-16)10-17(20)19-9-8-14-4-2-3-5-15(14)12-19/h2-7,11H,8-10,12H2,1H3. The Morgan fingerprint density at radius 1 is 1.24 bits per heavy atom. The van der Waals surface area contributed by atoms with Crippen LogP contribution in [0.1, 0.15) is 16.7 Å². The Morgan fingerprint density at radius 3 is 2.76 bits per heavy atom. The van der Waals surface area contributed by atoms with Crippen molar-refractivity contribution in [1.29, 1.82) is 0 Å². The third kappa shape index (κ3) is 3.05. The van der Waals surface area contributed by atoms with E-state index < -0.39 is 0 Å². The van der Waals surface area contributed by atoms with Gasteiger partial charge in [0.25, 0.3) is 0 Å². The molecule has 4 heteroatoms. The highest BCUT2D eigenvalue weighted by molar-refractivity contribution is 5.79. The van der Waals surface area contributed by atoms with E-state index in [2.05, 4.69) is 23.2 Å². The van der Waals surface area contributed by atoms with Crippen molar-refractivity contribution in [3.05, 3.63) is 59.3 Å². The quantitative estimate of drug-likeness (QED) is 0.867. The molecule has 4 nitrogen and oxygen atoms in total. The van der Waals surface area contributed by atoms with Crippen molar-refractivity contribution in [1.82, 2.24) is 9.88 Å². The minimum absolute atomic E-state index is 0.150. The molecule has 0 saturated carbocycles. The van der Waals surface area contributed by atoms with Crippen LogP contribution in [-0.4, -0.2) is 29.4 Å². The maximum atomic E-state index is 12.4. The van der Waals surface area contributed by atoms with Crippen molar-refractivity contribution in [2.24, 2.45) is 0 Å². The van der Waals surface area contributed by atoms with Gasteiger partial charge in [-0.1, -0.05) is 30.3 Å². The fraction of sp³-hybridized carbons (Fsp3) is 0.294. The van der Waals surface area contributed by atoms with Crippen LogP contribution in [0.25, 0.3) is 0 Å². The van der Waals surface area contributed by atoms with E-state index in [1.54, 1.807) is 19.4 Å². The SMILES string of the molecule is COc1ccc(CC(=O)N2CCc3ccccc3C2)cn1. The molecule has 1 aliphatic rings. The number of carbonyl (C=O) groups is 1. The molecule has 21 heavy (non-hydrogen) atoms. The highest BCUT2D eigenvalue weighted by atomic mass is 16.5. The molecule has 0 atom stereocenters. The van der Waals surface area contributed by atoms with Gasteiger partial charge in [0, 0.05) is 25.4 Å². The van der Waals surface area contributed by atoms with Crippen molar-refractivity contribution in [3.63, 3.8) is 0 Å². The van der Waals surface area contributed by atoms with E-state index in [1.807, 2.05) is 17.0 Å². The van der Waals surface area contributed by atoms with Crippen LogP contribution < -0.4 is 4.74 Å². The Hall–Kier alpha value is -2.36. The summed E-state index contributed by atoms with van der Waals surface area (Å²) >= 11 is 0. The molecule has 0 unspecified atom stereocenters. The van der Waals surface area contributed by atoms with Gasteiger partial charge in [0.2, 0.25) is 11.8 Å². The number of amides is 1. The van der Waals surface area contributed by atoms with Gasteiger partial charge in [0.15, 0.2) is 0 Å². The zero-order valence-corrected chi connectivity index (χ0v) is 12.1. The molecule has 1 aromatic carbocycles. The maximum absolute atomic E-state index is 12.4. The highest BCUT2D eigenvalue weighted by Gasteiger charge is 2.20. The van der Waals surface area contributed by atoms with Crippen LogP contribution in [0.3, 0.4) is 0 Å². The van der Waals surface area contributed by atoms with E-state index in [9.17, 15) is 4.79 Å². The molecule has 0 saturated heterocycles. The van der Waals surface area contributed by atoms with Crippen molar-refractivity contribution >= 4 is 5.91 Å². The Morgan fingerprint density at radius 2 is 2.05 bits per heavy atom. The van der Waals surface area contributed by atoms with Gasteiger partial charge in [0.05, 0.1) is 13.5 Å². The summed E-state index contributed by atoms with van der Waals surface area (Å²) in [5, 5.41) is 0. The lowest BCUT2D eigenvalue weighted by Crippen LogP contribution is -2.36. The molecule has 108 valence electrons. The van der Waals surface area contributed by atoms with Gasteiger partial charge in [-0.25, -0.2) is 4.98 Å². The van der Waals surface area contributed by atoms with Gasteiger partial charge in [0.1, 0.15) is 0 Å². The molecule has 1 aliphatic heterocycles. The molecule has 0 fully saturated rings. The summed E-state index contributed by atoms with van der Waals surface area (Å²) < 4.78 is 5.02. The Bertz CT molecular complexity index is 637. The van der Waals surface area contributed by atoms with Crippen LogP contribution >= 0.6 is 0 Å². The summed E-state index contributed by atoms with van der Waals surface area (Å²) in [6, 6.07) is 12.0. The fourth-order valence-corrected chi connectivity index (χ4v) is 2.63. The number of carbonyl (C=O) groups excluding carboxylic acids is 1. The summed E-state index contributed by atoms with van der Waals surface area (Å²) in [5.74, 6) is 0.717. The summed E-state index contributed by atoms with van der Waals surface area (Å²) in [6.07, 6.45) is 3.02. The lowest BCUT2D eigenvalue weighted by atomic mass is 9.99. The normalized spacial score (nSPS) is 13.7. The summed E-state index contributed by atoms with van der Waals surface area (Å²) in [4.78, 5) is 18.5. The van der Waals surface area contributed by atoms with Crippen molar-refractivity contribution in [2.45, 2.75) is 19.4 Å². The van der Waals surface area contributed by atoms with Crippen LogP contribution in [0.5, 0.6) is 5.88 Å². The first kappa shape index (κ1) is 13.6. The number of hydrogen-bond acceptors (Lipinski definition) is 3.